The maximum Gasteiger partial charge on any atom is 0.326 e. The molecule has 1 aliphatic rings. The van der Waals surface area contributed by atoms with Gasteiger partial charge in [0.05, 0.1) is 11.0 Å². The molecule has 3 aromatic rings. The minimum absolute atomic E-state index is 0.168. The predicted molar refractivity (Wildman–Crippen MR) is 132 cm³/mol. The van der Waals surface area contributed by atoms with Crippen LogP contribution in [-0.2, 0) is 11.2 Å². The molecule has 1 amide bonds. The van der Waals surface area contributed by atoms with E-state index in [2.05, 4.69) is 34.3 Å². The largest absolute Gasteiger partial charge is 0.480 e. The van der Waals surface area contributed by atoms with E-state index < -0.39 is 12.0 Å². The minimum atomic E-state index is -1.01. The zero-order chi connectivity index (χ0) is 23.5. The summed E-state index contributed by atoms with van der Waals surface area (Å²) in [7, 11) is 0. The van der Waals surface area contributed by atoms with Gasteiger partial charge in [0.2, 0.25) is 0 Å². The average molecular weight is 468 g/mol. The van der Waals surface area contributed by atoms with Crippen molar-refractivity contribution in [3.63, 3.8) is 0 Å². The number of rotatable bonds is 8. The number of carbonyl (C=O) groups is 2. The second kappa shape index (κ2) is 10.1. The van der Waals surface area contributed by atoms with Gasteiger partial charge in [-0.15, -0.1) is 11.3 Å². The van der Waals surface area contributed by atoms with Crippen LogP contribution in [0.5, 0.6) is 0 Å². The smallest absolute Gasteiger partial charge is 0.326 e. The third kappa shape index (κ3) is 5.29. The fourth-order valence-corrected chi connectivity index (χ4v) is 5.67. The van der Waals surface area contributed by atoms with E-state index in [9.17, 15) is 14.7 Å². The summed E-state index contributed by atoms with van der Waals surface area (Å²) in [5.74, 6) is 0.402. The maximum atomic E-state index is 12.9. The zero-order valence-corrected chi connectivity index (χ0v) is 20.4. The van der Waals surface area contributed by atoms with Crippen molar-refractivity contribution in [2.45, 2.75) is 71.4 Å². The molecular weight excluding hydrogens is 434 g/mol. The summed E-state index contributed by atoms with van der Waals surface area (Å²) in [6.45, 7) is 6.22. The van der Waals surface area contributed by atoms with Crippen molar-refractivity contribution in [2.75, 3.05) is 0 Å². The maximum absolute atomic E-state index is 12.9. The molecule has 2 aromatic heterocycles. The first-order valence-corrected chi connectivity index (χ1v) is 12.8. The lowest BCUT2D eigenvalue weighted by Crippen LogP contribution is -2.41. The van der Waals surface area contributed by atoms with Gasteiger partial charge in [-0.25, -0.2) is 9.78 Å². The lowest BCUT2D eigenvalue weighted by atomic mass is 9.85. The number of benzene rings is 1. The van der Waals surface area contributed by atoms with Crippen molar-refractivity contribution >= 4 is 34.2 Å². The average Bonchev–Trinajstić information content (AvgIpc) is 3.40. The molecule has 6 nitrogen and oxygen atoms in total. The van der Waals surface area contributed by atoms with E-state index in [0.29, 0.717) is 23.9 Å². The van der Waals surface area contributed by atoms with Gasteiger partial charge in [0.25, 0.3) is 5.91 Å². The van der Waals surface area contributed by atoms with E-state index >= 15 is 0 Å². The normalized spacial score (nSPS) is 19.6. The van der Waals surface area contributed by atoms with E-state index in [4.69, 9.17) is 4.98 Å². The number of nitrogens with zero attached hydrogens (tertiary/aromatic N) is 2. The minimum Gasteiger partial charge on any atom is -0.480 e. The molecule has 0 unspecified atom stereocenters. The van der Waals surface area contributed by atoms with Gasteiger partial charge < -0.3 is 15.0 Å². The first kappa shape index (κ1) is 23.5. The van der Waals surface area contributed by atoms with Crippen molar-refractivity contribution in [1.29, 1.82) is 0 Å². The Morgan fingerprint density at radius 3 is 2.70 bits per heavy atom. The summed E-state index contributed by atoms with van der Waals surface area (Å²) in [4.78, 5) is 30.7. The Morgan fingerprint density at radius 1 is 1.24 bits per heavy atom. The number of aliphatic carboxylic acids is 1. The Morgan fingerprint density at radius 2 is 2.03 bits per heavy atom. The molecule has 1 saturated carbocycles. The first-order valence-electron chi connectivity index (χ1n) is 11.9. The third-order valence-electron chi connectivity index (χ3n) is 6.65. The molecule has 0 bridgehead atoms. The molecule has 4 rings (SSSR count). The van der Waals surface area contributed by atoms with E-state index in [-0.39, 0.29) is 11.8 Å². The lowest BCUT2D eigenvalue weighted by Gasteiger charge is -2.31. The number of amides is 1. The van der Waals surface area contributed by atoms with Crippen LogP contribution < -0.4 is 5.32 Å². The van der Waals surface area contributed by atoms with Crippen LogP contribution in [0.2, 0.25) is 0 Å². The number of aromatic nitrogens is 2. The lowest BCUT2D eigenvalue weighted by molar-refractivity contribution is -0.139. The van der Waals surface area contributed by atoms with Gasteiger partial charge in [-0.3, -0.25) is 4.79 Å². The molecule has 33 heavy (non-hydrogen) atoms. The van der Waals surface area contributed by atoms with Gasteiger partial charge in [0.15, 0.2) is 0 Å². The highest BCUT2D eigenvalue weighted by molar-refractivity contribution is 7.09. The second-order valence-corrected chi connectivity index (χ2v) is 10.7. The van der Waals surface area contributed by atoms with Crippen LogP contribution in [-0.4, -0.2) is 32.6 Å². The van der Waals surface area contributed by atoms with Crippen LogP contribution in [0.25, 0.3) is 11.0 Å². The SMILES string of the molecule is CC(C)C[C@H](NC(=O)c1ccc2c(c1)nc(Cc1cccs1)n2[C@@H]1CCCC[C@H]1C)C(=O)O. The van der Waals surface area contributed by atoms with Crippen LogP contribution in [0.3, 0.4) is 0 Å². The molecule has 2 N–H and O–H groups in total. The molecule has 1 aliphatic carbocycles. The standard InChI is InChI=1S/C26H33N3O3S/c1-16(2)13-21(26(31)32)28-25(30)18-10-11-23-20(14-18)27-24(15-19-8-6-12-33-19)29(23)22-9-5-4-7-17(22)3/h6,8,10-12,14,16-17,21-22H,4-5,7,9,13,15H2,1-3H3,(H,28,30)(H,31,32)/t17-,21+,22-/m1/s1. The molecular formula is C26H33N3O3S. The molecule has 0 spiro atoms. The highest BCUT2D eigenvalue weighted by Crippen LogP contribution is 2.37. The quantitative estimate of drug-likeness (QED) is 0.447. The third-order valence-corrected chi connectivity index (χ3v) is 7.52. The van der Waals surface area contributed by atoms with Crippen molar-refractivity contribution in [3.05, 3.63) is 52.0 Å². The van der Waals surface area contributed by atoms with E-state index in [0.717, 1.165) is 29.7 Å². The van der Waals surface area contributed by atoms with Crippen LogP contribution in [0.15, 0.2) is 35.7 Å². The summed E-state index contributed by atoms with van der Waals surface area (Å²) in [6, 6.07) is 9.29. The number of imidazole rings is 1. The van der Waals surface area contributed by atoms with Crippen molar-refractivity contribution in [2.24, 2.45) is 11.8 Å². The van der Waals surface area contributed by atoms with E-state index in [1.165, 1.54) is 24.1 Å². The van der Waals surface area contributed by atoms with Gasteiger partial charge in [0.1, 0.15) is 11.9 Å². The number of nitrogens with one attached hydrogen (secondary N) is 1. The number of carboxylic acid groups (broad SMARTS) is 1. The Hall–Kier alpha value is -2.67. The summed E-state index contributed by atoms with van der Waals surface area (Å²) in [5.41, 5.74) is 2.29. The highest BCUT2D eigenvalue weighted by Gasteiger charge is 2.28. The fourth-order valence-electron chi connectivity index (χ4n) is 4.97. The Balaban J connectivity index is 1.68. The van der Waals surface area contributed by atoms with Crippen LogP contribution in [0, 0.1) is 11.8 Å². The van der Waals surface area contributed by atoms with Crippen molar-refractivity contribution in [1.82, 2.24) is 14.9 Å². The number of fused-ring (bicyclic) bond motifs is 1. The zero-order valence-electron chi connectivity index (χ0n) is 19.6. The topological polar surface area (TPSA) is 84.2 Å². The molecule has 0 radical (unpaired) electrons. The summed E-state index contributed by atoms with van der Waals surface area (Å²) in [6.07, 6.45) is 6.02. The van der Waals surface area contributed by atoms with Gasteiger partial charge in [0, 0.05) is 22.9 Å². The molecule has 1 aromatic carbocycles. The van der Waals surface area contributed by atoms with E-state index in [1.54, 1.807) is 23.5 Å². The van der Waals surface area contributed by atoms with E-state index in [1.807, 2.05) is 19.9 Å². The summed E-state index contributed by atoms with van der Waals surface area (Å²) in [5, 5.41) is 14.3. The summed E-state index contributed by atoms with van der Waals surface area (Å²) >= 11 is 1.73. The molecule has 0 saturated heterocycles. The van der Waals surface area contributed by atoms with Crippen molar-refractivity contribution < 1.29 is 14.7 Å². The van der Waals surface area contributed by atoms with Crippen molar-refractivity contribution in [3.8, 4) is 0 Å². The Kier molecular flexibility index (Phi) is 7.17. The Labute approximate surface area is 199 Å². The van der Waals surface area contributed by atoms with Crippen LogP contribution in [0.1, 0.15) is 80.0 Å². The molecule has 0 aliphatic heterocycles. The first-order chi connectivity index (χ1) is 15.8. The predicted octanol–water partition coefficient (Wildman–Crippen LogP) is 5.67. The van der Waals surface area contributed by atoms with Crippen LogP contribution in [0.4, 0.5) is 0 Å². The monoisotopic (exact) mass is 467 g/mol. The molecule has 176 valence electrons. The van der Waals surface area contributed by atoms with Gasteiger partial charge in [-0.1, -0.05) is 39.7 Å². The number of hydrogen-bond donors (Lipinski definition) is 2. The van der Waals surface area contributed by atoms with Gasteiger partial charge in [-0.2, -0.15) is 0 Å². The Bertz CT molecular complexity index is 1120. The molecule has 2 heterocycles. The highest BCUT2D eigenvalue weighted by atomic mass is 32.1. The molecule has 1 fully saturated rings. The number of hydrogen-bond acceptors (Lipinski definition) is 4. The number of carbonyl (C=O) groups excluding carboxylic acids is 1. The fraction of sp³-hybridized carbons (Fsp3) is 0.500. The number of carboxylic acids is 1. The number of thiophene rings is 1. The second-order valence-electron chi connectivity index (χ2n) is 9.68. The molecule has 3 atom stereocenters. The molecule has 7 heteroatoms. The van der Waals surface area contributed by atoms with Gasteiger partial charge in [-0.05, 0) is 60.7 Å². The summed E-state index contributed by atoms with van der Waals surface area (Å²) < 4.78 is 2.40. The van der Waals surface area contributed by atoms with Crippen LogP contribution >= 0.6 is 11.3 Å². The van der Waals surface area contributed by atoms with Gasteiger partial charge >= 0.3 is 5.97 Å².